The fourth-order valence-electron chi connectivity index (χ4n) is 1.51. The van der Waals surface area contributed by atoms with Gasteiger partial charge in [0.05, 0.1) is 11.4 Å². The third-order valence-corrected chi connectivity index (χ3v) is 4.24. The lowest BCUT2D eigenvalue weighted by Gasteiger charge is -2.11. The van der Waals surface area contributed by atoms with Crippen LogP contribution in [0.1, 0.15) is 5.56 Å². The standard InChI is InChI=1S/C13H9BrFIN2S/c14-9-5-7(13(17)19)1-3-11(9)18-12-4-2-8(15)6-10(12)16/h1-6,18H,(H2,17,19). The number of rotatable bonds is 3. The van der Waals surface area contributed by atoms with Gasteiger partial charge >= 0.3 is 0 Å². The largest absolute Gasteiger partial charge is 0.389 e. The highest BCUT2D eigenvalue weighted by Gasteiger charge is 2.06. The summed E-state index contributed by atoms with van der Waals surface area (Å²) in [5.41, 5.74) is 8.07. The zero-order valence-corrected chi connectivity index (χ0v) is 14.1. The van der Waals surface area contributed by atoms with Crippen LogP contribution < -0.4 is 11.1 Å². The van der Waals surface area contributed by atoms with Crippen molar-refractivity contribution in [3.8, 4) is 0 Å². The van der Waals surface area contributed by atoms with Crippen molar-refractivity contribution in [3.05, 3.63) is 55.8 Å². The maximum absolute atomic E-state index is 13.0. The van der Waals surface area contributed by atoms with Crippen molar-refractivity contribution >= 4 is 67.1 Å². The van der Waals surface area contributed by atoms with E-state index in [4.69, 9.17) is 18.0 Å². The average molecular weight is 451 g/mol. The fourth-order valence-corrected chi connectivity index (χ4v) is 2.72. The number of thiocarbonyl (C=S) groups is 1. The summed E-state index contributed by atoms with van der Waals surface area (Å²) in [6, 6.07) is 10.2. The molecule has 98 valence electrons. The molecule has 3 N–H and O–H groups in total. The molecule has 0 heterocycles. The van der Waals surface area contributed by atoms with Crippen LogP contribution in [-0.4, -0.2) is 4.99 Å². The van der Waals surface area contributed by atoms with Gasteiger partial charge in [0.2, 0.25) is 0 Å². The van der Waals surface area contributed by atoms with Crippen molar-refractivity contribution in [2.45, 2.75) is 0 Å². The van der Waals surface area contributed by atoms with E-state index in [0.29, 0.717) is 4.99 Å². The van der Waals surface area contributed by atoms with Crippen molar-refractivity contribution < 1.29 is 4.39 Å². The maximum Gasteiger partial charge on any atom is 0.124 e. The summed E-state index contributed by atoms with van der Waals surface area (Å²) < 4.78 is 14.7. The van der Waals surface area contributed by atoms with Crippen LogP contribution in [0.4, 0.5) is 15.8 Å². The monoisotopic (exact) mass is 450 g/mol. The molecule has 0 spiro atoms. The van der Waals surface area contributed by atoms with Gasteiger partial charge in [-0.15, -0.1) is 0 Å². The number of nitrogens with one attached hydrogen (secondary N) is 1. The molecule has 0 aliphatic carbocycles. The minimum absolute atomic E-state index is 0.252. The van der Waals surface area contributed by atoms with Crippen LogP contribution in [0.5, 0.6) is 0 Å². The van der Waals surface area contributed by atoms with Gasteiger partial charge in [0, 0.05) is 13.6 Å². The van der Waals surface area contributed by atoms with Crippen molar-refractivity contribution in [2.75, 3.05) is 5.32 Å². The smallest absolute Gasteiger partial charge is 0.124 e. The van der Waals surface area contributed by atoms with Gasteiger partial charge in [-0.3, -0.25) is 0 Å². The molecule has 0 amide bonds. The molecule has 0 fully saturated rings. The Labute approximate surface area is 137 Å². The van der Waals surface area contributed by atoms with E-state index in [1.165, 1.54) is 12.1 Å². The first kappa shape index (κ1) is 14.7. The zero-order valence-electron chi connectivity index (χ0n) is 9.58. The number of benzene rings is 2. The maximum atomic E-state index is 13.0. The molecular formula is C13H9BrFIN2S. The van der Waals surface area contributed by atoms with Crippen LogP contribution in [-0.2, 0) is 0 Å². The van der Waals surface area contributed by atoms with Crippen molar-refractivity contribution in [3.63, 3.8) is 0 Å². The summed E-state index contributed by atoms with van der Waals surface area (Å²) in [6.45, 7) is 0. The molecule has 2 aromatic carbocycles. The molecule has 0 unspecified atom stereocenters. The Kier molecular flexibility index (Phi) is 4.75. The van der Waals surface area contributed by atoms with Crippen molar-refractivity contribution in [2.24, 2.45) is 5.73 Å². The summed E-state index contributed by atoms with van der Waals surface area (Å²) in [4.78, 5) is 0.351. The lowest BCUT2D eigenvalue weighted by molar-refractivity contribution is 0.627. The van der Waals surface area contributed by atoms with E-state index in [2.05, 4.69) is 43.8 Å². The Morgan fingerprint density at radius 3 is 2.47 bits per heavy atom. The molecule has 0 bridgehead atoms. The molecule has 6 heteroatoms. The molecule has 2 aromatic rings. The number of hydrogen-bond acceptors (Lipinski definition) is 2. The fraction of sp³-hybridized carbons (Fsp3) is 0. The van der Waals surface area contributed by atoms with Gasteiger partial charge in [-0.25, -0.2) is 4.39 Å². The molecule has 0 saturated heterocycles. The Morgan fingerprint density at radius 2 is 1.89 bits per heavy atom. The van der Waals surface area contributed by atoms with Crippen LogP contribution in [0.3, 0.4) is 0 Å². The van der Waals surface area contributed by atoms with Crippen molar-refractivity contribution in [1.82, 2.24) is 0 Å². The molecule has 0 aromatic heterocycles. The van der Waals surface area contributed by atoms with E-state index >= 15 is 0 Å². The second-order valence-electron chi connectivity index (χ2n) is 3.81. The number of anilines is 2. The SMILES string of the molecule is NC(=S)c1ccc(Nc2ccc(F)cc2I)c(Br)c1. The molecule has 0 radical (unpaired) electrons. The van der Waals surface area contributed by atoms with E-state index in [1.807, 2.05) is 18.2 Å². The highest BCUT2D eigenvalue weighted by atomic mass is 127. The summed E-state index contributed by atoms with van der Waals surface area (Å²) in [7, 11) is 0. The van der Waals surface area contributed by atoms with Crippen LogP contribution in [0.2, 0.25) is 0 Å². The minimum atomic E-state index is -0.252. The van der Waals surface area contributed by atoms with Gasteiger partial charge < -0.3 is 11.1 Å². The van der Waals surface area contributed by atoms with Gasteiger partial charge in [-0.05, 0) is 74.9 Å². The van der Waals surface area contributed by atoms with E-state index in [-0.39, 0.29) is 5.82 Å². The highest BCUT2D eigenvalue weighted by molar-refractivity contribution is 14.1. The Balaban J connectivity index is 2.31. The quantitative estimate of drug-likeness (QED) is 0.531. The number of nitrogens with two attached hydrogens (primary N) is 1. The second-order valence-corrected chi connectivity index (χ2v) is 6.26. The molecule has 2 rings (SSSR count). The lowest BCUT2D eigenvalue weighted by atomic mass is 10.2. The van der Waals surface area contributed by atoms with Crippen LogP contribution in [0.25, 0.3) is 0 Å². The third kappa shape index (κ3) is 3.64. The van der Waals surface area contributed by atoms with Crippen LogP contribution in [0, 0.1) is 9.39 Å². The van der Waals surface area contributed by atoms with Crippen LogP contribution in [0.15, 0.2) is 40.9 Å². The van der Waals surface area contributed by atoms with Gasteiger partial charge in [0.15, 0.2) is 0 Å². The van der Waals surface area contributed by atoms with E-state index in [1.54, 1.807) is 6.07 Å². The predicted octanol–water partition coefficient (Wildman–Crippen LogP) is 4.57. The molecule has 2 nitrogen and oxygen atoms in total. The second kappa shape index (κ2) is 6.15. The first-order valence-electron chi connectivity index (χ1n) is 5.29. The highest BCUT2D eigenvalue weighted by Crippen LogP contribution is 2.29. The van der Waals surface area contributed by atoms with Crippen LogP contribution >= 0.6 is 50.7 Å². The first-order chi connectivity index (χ1) is 8.97. The zero-order chi connectivity index (χ0) is 14.0. The van der Waals surface area contributed by atoms with Gasteiger partial charge in [0.1, 0.15) is 10.8 Å². The van der Waals surface area contributed by atoms with E-state index < -0.39 is 0 Å². The number of hydrogen-bond donors (Lipinski definition) is 2. The molecule has 0 atom stereocenters. The van der Waals surface area contributed by atoms with E-state index in [9.17, 15) is 4.39 Å². The topological polar surface area (TPSA) is 38.0 Å². The molecule has 0 aliphatic rings. The normalized spacial score (nSPS) is 10.3. The predicted molar refractivity (Wildman–Crippen MR) is 92.4 cm³/mol. The molecule has 0 saturated carbocycles. The van der Waals surface area contributed by atoms with E-state index in [0.717, 1.165) is 25.0 Å². The van der Waals surface area contributed by atoms with Gasteiger partial charge in [-0.2, -0.15) is 0 Å². The van der Waals surface area contributed by atoms with Gasteiger partial charge in [-0.1, -0.05) is 12.2 Å². The molecular weight excluding hydrogens is 442 g/mol. The Bertz CT molecular complexity index is 649. The lowest BCUT2D eigenvalue weighted by Crippen LogP contribution is -2.09. The minimum Gasteiger partial charge on any atom is -0.389 e. The molecule has 19 heavy (non-hydrogen) atoms. The summed E-state index contributed by atoms with van der Waals surface area (Å²) in [5, 5.41) is 3.23. The van der Waals surface area contributed by atoms with Crippen molar-refractivity contribution in [1.29, 1.82) is 0 Å². The van der Waals surface area contributed by atoms with Gasteiger partial charge in [0.25, 0.3) is 0 Å². The Hall–Kier alpha value is -0.730. The number of halogens is 3. The summed E-state index contributed by atoms with van der Waals surface area (Å²) in [5.74, 6) is -0.252. The summed E-state index contributed by atoms with van der Waals surface area (Å²) in [6.07, 6.45) is 0. The Morgan fingerprint density at radius 1 is 1.21 bits per heavy atom. The third-order valence-electron chi connectivity index (χ3n) is 2.45. The average Bonchev–Trinajstić information content (AvgIpc) is 2.34. The molecule has 0 aliphatic heterocycles. The summed E-state index contributed by atoms with van der Waals surface area (Å²) >= 11 is 10.5. The first-order valence-corrected chi connectivity index (χ1v) is 7.57.